The molecule has 9 nitrogen and oxygen atoms in total. The van der Waals surface area contributed by atoms with Gasteiger partial charge in [-0.05, 0) is 0 Å². The second-order valence-electron chi connectivity index (χ2n) is 4.15. The quantitative estimate of drug-likeness (QED) is 0.219. The van der Waals surface area contributed by atoms with Gasteiger partial charge in [0.05, 0.1) is 0 Å². The van der Waals surface area contributed by atoms with Crippen molar-refractivity contribution in [2.45, 2.75) is 4.75 Å². The largest absolute Gasteiger partial charge is 0.301 e. The van der Waals surface area contributed by atoms with E-state index in [1.54, 1.807) is 0 Å². The van der Waals surface area contributed by atoms with E-state index in [2.05, 4.69) is 0 Å². The first-order chi connectivity index (χ1) is 9.65. The minimum Gasteiger partial charge on any atom is -0.297 e. The Morgan fingerprint density at radius 1 is 1.19 bits per heavy atom. The number of nitrogens with zero attached hydrogens (tertiary/aromatic N) is 1. The smallest absolute Gasteiger partial charge is 0.297 e. The van der Waals surface area contributed by atoms with Crippen molar-refractivity contribution in [3.05, 3.63) is 35.9 Å². The lowest BCUT2D eigenvalue weighted by Gasteiger charge is -2.20. The molecule has 0 bridgehead atoms. The molecule has 3 N–H and O–H groups in total. The van der Waals surface area contributed by atoms with Gasteiger partial charge in [-0.1, -0.05) is 30.3 Å². The monoisotopic (exact) mass is 312 g/mol. The fraction of sp³-hybridized carbons (Fsp3) is 0.0909. The second-order valence-corrected chi connectivity index (χ2v) is 5.71. The number of rotatable bonds is 3. The molecule has 1 aromatic rings. The van der Waals surface area contributed by atoms with Crippen LogP contribution in [0.25, 0.3) is 0 Å². The maximum Gasteiger partial charge on any atom is 0.301 e. The van der Waals surface area contributed by atoms with E-state index in [4.69, 9.17) is 5.41 Å². The van der Waals surface area contributed by atoms with Gasteiger partial charge >= 0.3 is 5.91 Å². The lowest BCUT2D eigenvalue weighted by Crippen LogP contribution is -2.56. The molecule has 1 fully saturated rings. The Balaban J connectivity index is 2.78. The summed E-state index contributed by atoms with van der Waals surface area (Å²) in [4.78, 5) is 35.6. The molecule has 1 atom stereocenters. The zero-order valence-corrected chi connectivity index (χ0v) is 11.0. The Bertz CT molecular complexity index is 771. The van der Waals surface area contributed by atoms with Crippen LogP contribution in [0.1, 0.15) is 10.4 Å². The number of carbonyl (C=O) groups is 3. The molecule has 2 rings (SSSR count). The van der Waals surface area contributed by atoms with Crippen LogP contribution in [0.15, 0.2) is 30.3 Å². The molecule has 21 heavy (non-hydrogen) atoms. The van der Waals surface area contributed by atoms with Gasteiger partial charge in [-0.3, -0.25) is 29.6 Å². The molecule has 1 aliphatic rings. The molecule has 1 aromatic carbocycles. The Morgan fingerprint density at radius 3 is 2.10 bits per heavy atom. The van der Waals surface area contributed by atoms with Crippen molar-refractivity contribution < 1.29 is 32.6 Å². The third-order valence-electron chi connectivity index (χ3n) is 2.99. The SMILES string of the molecule is N=C1C(=O)N(O)C(=O)C1(C(=O)c1ccccc1)S(=O)(=O)O. The highest BCUT2D eigenvalue weighted by Crippen LogP contribution is 2.31. The summed E-state index contributed by atoms with van der Waals surface area (Å²) in [5.74, 6) is -5.10. The Kier molecular flexibility index (Phi) is 3.24. The standard InChI is InChI=1S/C11H8N2O7S/c12-7-9(15)13(17)10(16)11(7,21(18,19)20)8(14)6-4-2-1-3-5-6/h1-5,12,17H,(H,18,19,20). The van der Waals surface area contributed by atoms with Gasteiger partial charge in [-0.2, -0.15) is 8.42 Å². The van der Waals surface area contributed by atoms with E-state index >= 15 is 0 Å². The number of hydrogen-bond donors (Lipinski definition) is 3. The van der Waals surface area contributed by atoms with Crippen molar-refractivity contribution in [2.75, 3.05) is 0 Å². The van der Waals surface area contributed by atoms with E-state index in [-0.39, 0.29) is 5.56 Å². The molecule has 0 radical (unpaired) electrons. The number of ketones is 1. The van der Waals surface area contributed by atoms with Crippen molar-refractivity contribution in [3.63, 3.8) is 0 Å². The van der Waals surface area contributed by atoms with Crippen molar-refractivity contribution in [3.8, 4) is 0 Å². The normalized spacial score (nSPS) is 22.8. The molecule has 0 aromatic heterocycles. The summed E-state index contributed by atoms with van der Waals surface area (Å²) in [7, 11) is -5.52. The van der Waals surface area contributed by atoms with Gasteiger partial charge < -0.3 is 0 Å². The van der Waals surface area contributed by atoms with Gasteiger partial charge in [-0.15, -0.1) is 5.06 Å². The molecule has 0 aliphatic carbocycles. The minimum atomic E-state index is -5.52. The molecule has 0 saturated carbocycles. The molecule has 1 heterocycles. The van der Waals surface area contributed by atoms with Gasteiger partial charge in [0.15, 0.2) is 0 Å². The van der Waals surface area contributed by atoms with Crippen LogP contribution in [-0.2, 0) is 19.7 Å². The lowest BCUT2D eigenvalue weighted by atomic mass is 9.93. The zero-order valence-electron chi connectivity index (χ0n) is 10.2. The average molecular weight is 312 g/mol. The Labute approximate surface area is 118 Å². The number of hydrogen-bond acceptors (Lipinski definition) is 7. The van der Waals surface area contributed by atoms with Crippen molar-refractivity contribution >= 4 is 33.4 Å². The van der Waals surface area contributed by atoms with Crippen molar-refractivity contribution in [2.24, 2.45) is 0 Å². The summed E-state index contributed by atoms with van der Waals surface area (Å²) in [5, 5.41) is 16.0. The predicted molar refractivity (Wildman–Crippen MR) is 66.4 cm³/mol. The summed E-state index contributed by atoms with van der Waals surface area (Å²) >= 11 is 0. The molecule has 1 aliphatic heterocycles. The molecular formula is C11H8N2O7S. The summed E-state index contributed by atoms with van der Waals surface area (Å²) < 4.78 is 28.9. The summed E-state index contributed by atoms with van der Waals surface area (Å²) in [6, 6.07) is 6.49. The van der Waals surface area contributed by atoms with Gasteiger partial charge in [0.25, 0.3) is 20.8 Å². The minimum absolute atomic E-state index is 0.323. The maximum atomic E-state index is 12.3. The highest BCUT2D eigenvalue weighted by atomic mass is 32.2. The maximum absolute atomic E-state index is 12.3. The summed E-state index contributed by atoms with van der Waals surface area (Å²) in [6.07, 6.45) is 0. The second kappa shape index (κ2) is 4.55. The number of nitrogens with one attached hydrogen (secondary N) is 1. The Hall–Kier alpha value is -2.43. The fourth-order valence-electron chi connectivity index (χ4n) is 1.96. The zero-order chi connectivity index (χ0) is 16.0. The fourth-order valence-corrected chi connectivity index (χ4v) is 2.97. The Morgan fingerprint density at radius 2 is 1.71 bits per heavy atom. The molecule has 2 amide bonds. The van der Waals surface area contributed by atoms with Gasteiger partial charge in [-0.25, -0.2) is 0 Å². The van der Waals surface area contributed by atoms with Gasteiger partial charge in [0.2, 0.25) is 5.78 Å². The van der Waals surface area contributed by atoms with E-state index in [0.717, 1.165) is 12.1 Å². The number of benzene rings is 1. The number of amides is 2. The number of hydroxylamine groups is 2. The van der Waals surface area contributed by atoms with Crippen LogP contribution in [-0.4, -0.2) is 51.3 Å². The third-order valence-corrected chi connectivity index (χ3v) is 4.33. The van der Waals surface area contributed by atoms with Crippen LogP contribution >= 0.6 is 0 Å². The van der Waals surface area contributed by atoms with Crippen LogP contribution in [0.5, 0.6) is 0 Å². The topological polar surface area (TPSA) is 153 Å². The number of carbonyl (C=O) groups excluding carboxylic acids is 3. The molecule has 1 unspecified atom stereocenters. The van der Waals surface area contributed by atoms with E-state index < -0.39 is 43.2 Å². The molecular weight excluding hydrogens is 304 g/mol. The molecule has 0 spiro atoms. The lowest BCUT2D eigenvalue weighted by molar-refractivity contribution is -0.170. The van der Waals surface area contributed by atoms with Crippen molar-refractivity contribution in [1.82, 2.24) is 5.06 Å². The van der Waals surface area contributed by atoms with Crippen molar-refractivity contribution in [1.29, 1.82) is 5.41 Å². The molecule has 1 saturated heterocycles. The summed E-state index contributed by atoms with van der Waals surface area (Å²) in [5.41, 5.74) is -1.86. The van der Waals surface area contributed by atoms with Gasteiger partial charge in [0, 0.05) is 5.56 Å². The highest BCUT2D eigenvalue weighted by molar-refractivity contribution is 7.90. The highest BCUT2D eigenvalue weighted by Gasteiger charge is 2.70. The first kappa shape index (κ1) is 15.0. The predicted octanol–water partition coefficient (Wildman–Crippen LogP) is -0.726. The van der Waals surface area contributed by atoms with Crippen LogP contribution < -0.4 is 0 Å². The summed E-state index contributed by atoms with van der Waals surface area (Å²) in [6.45, 7) is 0. The number of Topliss-reactive ketones (excluding diaryl/α,β-unsaturated/α-hetero) is 1. The first-order valence-electron chi connectivity index (χ1n) is 5.39. The molecule has 10 heteroatoms. The van der Waals surface area contributed by atoms with Gasteiger partial charge in [0.1, 0.15) is 5.71 Å². The van der Waals surface area contributed by atoms with Crippen LogP contribution in [0.4, 0.5) is 0 Å². The van der Waals surface area contributed by atoms with E-state index in [0.29, 0.717) is 0 Å². The van der Waals surface area contributed by atoms with Crippen LogP contribution in [0.2, 0.25) is 0 Å². The van der Waals surface area contributed by atoms with Crippen LogP contribution in [0, 0.1) is 5.41 Å². The van der Waals surface area contributed by atoms with Crippen LogP contribution in [0.3, 0.4) is 0 Å². The average Bonchev–Trinajstić information content (AvgIpc) is 2.61. The van der Waals surface area contributed by atoms with E-state index in [9.17, 15) is 32.6 Å². The van der Waals surface area contributed by atoms with E-state index in [1.165, 1.54) is 18.2 Å². The number of imide groups is 1. The molecule has 110 valence electrons. The van der Waals surface area contributed by atoms with E-state index in [1.807, 2.05) is 0 Å². The third kappa shape index (κ3) is 1.81. The first-order valence-corrected chi connectivity index (χ1v) is 6.83.